The zero-order valence-electron chi connectivity index (χ0n) is 14.8. The second kappa shape index (κ2) is 8.56. The highest BCUT2D eigenvalue weighted by Gasteiger charge is 2.33. The van der Waals surface area contributed by atoms with Crippen LogP contribution >= 0.6 is 11.6 Å². The van der Waals surface area contributed by atoms with Crippen molar-refractivity contribution in [1.82, 2.24) is 0 Å². The molecule has 3 atom stereocenters. The molecule has 1 aliphatic rings. The van der Waals surface area contributed by atoms with Crippen LogP contribution in [0.5, 0.6) is 5.75 Å². The van der Waals surface area contributed by atoms with Gasteiger partial charge in [-0.25, -0.2) is 9.59 Å². The minimum absolute atomic E-state index is 0.0772. The molecule has 138 valence electrons. The van der Waals surface area contributed by atoms with E-state index in [-0.39, 0.29) is 17.4 Å². The summed E-state index contributed by atoms with van der Waals surface area (Å²) in [5.74, 6) is -0.361. The number of hydrogen-bond acceptors (Lipinski definition) is 5. The molecule has 0 heterocycles. The van der Waals surface area contributed by atoms with E-state index in [0.29, 0.717) is 22.8 Å². The molecule has 0 bridgehead atoms. The van der Waals surface area contributed by atoms with E-state index in [9.17, 15) is 14.7 Å². The van der Waals surface area contributed by atoms with Gasteiger partial charge in [0.05, 0.1) is 0 Å². The molecule has 1 fully saturated rings. The van der Waals surface area contributed by atoms with Gasteiger partial charge in [0.1, 0.15) is 17.4 Å². The summed E-state index contributed by atoms with van der Waals surface area (Å²) in [4.78, 5) is 24.1. The van der Waals surface area contributed by atoms with E-state index >= 15 is 0 Å². The minimum Gasteiger partial charge on any atom is -0.507 e. The predicted molar refractivity (Wildman–Crippen MR) is 94.6 cm³/mol. The molecular formula is C19H25ClO5. The van der Waals surface area contributed by atoms with Gasteiger partial charge in [-0.2, -0.15) is 0 Å². The first-order chi connectivity index (χ1) is 11.8. The van der Waals surface area contributed by atoms with Gasteiger partial charge >= 0.3 is 11.9 Å². The highest BCUT2D eigenvalue weighted by Crippen LogP contribution is 2.35. The van der Waals surface area contributed by atoms with Crippen LogP contribution in [-0.4, -0.2) is 29.8 Å². The molecule has 5 nitrogen and oxygen atoms in total. The first kappa shape index (κ1) is 19.6. The van der Waals surface area contributed by atoms with Crippen molar-refractivity contribution in [3.05, 3.63) is 28.8 Å². The Balaban J connectivity index is 1.91. The maximum absolute atomic E-state index is 12.1. The third kappa shape index (κ3) is 5.36. The lowest BCUT2D eigenvalue weighted by atomic mass is 9.75. The number of phenolic OH excluding ortho intramolecular Hbond substituents is 1. The van der Waals surface area contributed by atoms with Crippen LogP contribution in [0.4, 0.5) is 0 Å². The lowest BCUT2D eigenvalue weighted by molar-refractivity contribution is -0.159. The molecule has 0 spiro atoms. The number of esters is 2. The molecule has 0 aromatic heterocycles. The number of hydrogen-bond donors (Lipinski definition) is 1. The van der Waals surface area contributed by atoms with Crippen LogP contribution in [0, 0.1) is 17.8 Å². The number of carbonyl (C=O) groups is 2. The number of rotatable bonds is 5. The topological polar surface area (TPSA) is 72.8 Å². The Morgan fingerprint density at radius 1 is 1.32 bits per heavy atom. The van der Waals surface area contributed by atoms with Crippen LogP contribution in [0.2, 0.25) is 5.02 Å². The lowest BCUT2D eigenvalue weighted by Crippen LogP contribution is -2.36. The van der Waals surface area contributed by atoms with Gasteiger partial charge in [0.2, 0.25) is 0 Å². The van der Waals surface area contributed by atoms with Gasteiger partial charge in [-0.15, -0.1) is 0 Å². The normalized spacial score (nSPS) is 23.3. The molecular weight excluding hydrogens is 344 g/mol. The third-order valence-corrected chi connectivity index (χ3v) is 4.98. The van der Waals surface area contributed by atoms with Crippen LogP contribution in [0.3, 0.4) is 0 Å². The van der Waals surface area contributed by atoms with Crippen LogP contribution in [0.15, 0.2) is 18.2 Å². The van der Waals surface area contributed by atoms with E-state index in [1.54, 1.807) is 0 Å². The molecule has 25 heavy (non-hydrogen) atoms. The quantitative estimate of drug-likeness (QED) is 0.788. The molecule has 0 unspecified atom stereocenters. The molecule has 0 radical (unpaired) electrons. The third-order valence-electron chi connectivity index (χ3n) is 4.74. The minimum atomic E-state index is -0.811. The fraction of sp³-hybridized carbons (Fsp3) is 0.579. The van der Waals surface area contributed by atoms with Crippen LogP contribution < -0.4 is 0 Å². The number of aromatic hydroxyl groups is 1. The van der Waals surface area contributed by atoms with E-state index in [2.05, 4.69) is 20.8 Å². The second-order valence-corrected chi connectivity index (χ2v) is 7.53. The van der Waals surface area contributed by atoms with E-state index in [1.165, 1.54) is 18.2 Å². The molecule has 6 heteroatoms. The van der Waals surface area contributed by atoms with Crippen molar-refractivity contribution in [1.29, 1.82) is 0 Å². The number of carbonyl (C=O) groups excluding carboxylic acids is 2. The highest BCUT2D eigenvalue weighted by atomic mass is 35.5. The van der Waals surface area contributed by atoms with Gasteiger partial charge in [-0.05, 0) is 48.8 Å². The number of ether oxygens (including phenoxy) is 2. The van der Waals surface area contributed by atoms with Crippen LogP contribution in [0.25, 0.3) is 0 Å². The van der Waals surface area contributed by atoms with Gasteiger partial charge in [-0.1, -0.05) is 38.8 Å². The highest BCUT2D eigenvalue weighted by molar-refractivity contribution is 6.31. The first-order valence-electron chi connectivity index (χ1n) is 8.63. The molecule has 1 aliphatic carbocycles. The summed E-state index contributed by atoms with van der Waals surface area (Å²) in [6.45, 7) is 5.92. The average Bonchev–Trinajstić information content (AvgIpc) is 2.54. The van der Waals surface area contributed by atoms with Crippen molar-refractivity contribution in [3.63, 3.8) is 0 Å². The smallest absolute Gasteiger partial charge is 0.344 e. The Hall–Kier alpha value is -1.75. The fourth-order valence-electron chi connectivity index (χ4n) is 3.33. The summed E-state index contributed by atoms with van der Waals surface area (Å²) >= 11 is 5.80. The Kier molecular flexibility index (Phi) is 6.71. The van der Waals surface area contributed by atoms with Gasteiger partial charge in [0, 0.05) is 5.02 Å². The summed E-state index contributed by atoms with van der Waals surface area (Å²) in [5, 5.41) is 9.98. The van der Waals surface area contributed by atoms with E-state index in [0.717, 1.165) is 19.3 Å². The monoisotopic (exact) mass is 368 g/mol. The number of halogens is 1. The van der Waals surface area contributed by atoms with E-state index in [4.69, 9.17) is 21.1 Å². The Bertz CT molecular complexity index is 628. The van der Waals surface area contributed by atoms with Crippen molar-refractivity contribution in [2.45, 2.75) is 46.1 Å². The average molecular weight is 369 g/mol. The molecule has 1 saturated carbocycles. The van der Waals surface area contributed by atoms with Crippen molar-refractivity contribution in [3.8, 4) is 5.75 Å². The van der Waals surface area contributed by atoms with Crippen molar-refractivity contribution in [2.75, 3.05) is 6.61 Å². The first-order valence-corrected chi connectivity index (χ1v) is 9.00. The van der Waals surface area contributed by atoms with E-state index < -0.39 is 18.5 Å². The Morgan fingerprint density at radius 2 is 2.04 bits per heavy atom. The maximum Gasteiger partial charge on any atom is 0.344 e. The summed E-state index contributed by atoms with van der Waals surface area (Å²) in [5.41, 5.74) is -0.0772. The molecule has 0 aliphatic heterocycles. The summed E-state index contributed by atoms with van der Waals surface area (Å²) < 4.78 is 10.5. The summed E-state index contributed by atoms with van der Waals surface area (Å²) in [6, 6.07) is 4.05. The molecule has 1 aromatic rings. The zero-order valence-corrected chi connectivity index (χ0v) is 15.6. The van der Waals surface area contributed by atoms with Gasteiger partial charge in [-0.3, -0.25) is 0 Å². The van der Waals surface area contributed by atoms with Crippen molar-refractivity contribution >= 4 is 23.5 Å². The van der Waals surface area contributed by atoms with Crippen molar-refractivity contribution < 1.29 is 24.2 Å². The summed E-state index contributed by atoms with van der Waals surface area (Å²) in [6.07, 6.45) is 2.86. The zero-order chi connectivity index (χ0) is 18.6. The number of phenols is 1. The van der Waals surface area contributed by atoms with Gasteiger partial charge in [0.15, 0.2) is 6.61 Å². The van der Waals surface area contributed by atoms with Crippen LogP contribution in [0.1, 0.15) is 50.4 Å². The predicted octanol–water partition coefficient (Wildman–Crippen LogP) is 4.21. The largest absolute Gasteiger partial charge is 0.507 e. The van der Waals surface area contributed by atoms with Crippen LogP contribution in [-0.2, 0) is 14.3 Å². The standard InChI is InChI=1S/C19H25ClO5/c1-11(2)14-6-4-12(3)8-17(14)25-18(22)10-24-19(23)15-9-13(20)5-7-16(15)21/h5,7,9,11-12,14,17,21H,4,6,8,10H2,1-3H3/t12-,14+,17+/m0/s1. The lowest BCUT2D eigenvalue weighted by Gasteiger charge is -2.36. The Labute approximate surface area is 153 Å². The molecule has 0 saturated heterocycles. The van der Waals surface area contributed by atoms with E-state index in [1.807, 2.05) is 0 Å². The number of benzene rings is 1. The molecule has 1 aromatic carbocycles. The van der Waals surface area contributed by atoms with Crippen molar-refractivity contribution in [2.24, 2.45) is 17.8 Å². The summed E-state index contributed by atoms with van der Waals surface area (Å²) in [7, 11) is 0. The molecule has 1 N–H and O–H groups in total. The SMILES string of the molecule is CC(C)[C@H]1CC[C@H](C)C[C@H]1OC(=O)COC(=O)c1cc(Cl)ccc1O. The maximum atomic E-state index is 12.1. The van der Waals surface area contributed by atoms with Gasteiger partial charge < -0.3 is 14.6 Å². The molecule has 2 rings (SSSR count). The second-order valence-electron chi connectivity index (χ2n) is 7.09. The molecule has 0 amide bonds. The van der Waals surface area contributed by atoms with Gasteiger partial charge in [0.25, 0.3) is 0 Å². The fourth-order valence-corrected chi connectivity index (χ4v) is 3.50. The Morgan fingerprint density at radius 3 is 2.72 bits per heavy atom.